The summed E-state index contributed by atoms with van der Waals surface area (Å²) >= 11 is 0. The summed E-state index contributed by atoms with van der Waals surface area (Å²) in [7, 11) is 0. The highest BCUT2D eigenvalue weighted by atomic mass is 19.1. The predicted molar refractivity (Wildman–Crippen MR) is 126 cm³/mol. The standard InChI is InChI=1S/C25H27FN4O5/c1-16(31)27-10-20-13-29(25(33)35-20)19-7-8-22(21(26)9-19)30-12-18-11-28(14-23(18)30)24(32)34-15-17-5-3-2-4-6-17/h2-9,18,20,23H,10-15H2,1H3,(H,27,31)/t18-,20-,23-/m0/s1. The Bertz CT molecular complexity index is 1130. The molecular formula is C25H27FN4O5. The number of anilines is 2. The van der Waals surface area contributed by atoms with Crippen molar-refractivity contribution in [2.24, 2.45) is 5.92 Å². The number of benzene rings is 2. The minimum atomic E-state index is -0.572. The summed E-state index contributed by atoms with van der Waals surface area (Å²) in [5.74, 6) is -0.386. The molecule has 0 radical (unpaired) electrons. The SMILES string of the molecule is CC(=O)NC[C@H]1CN(c2ccc(N3C[C@@H]4CN(C(=O)OCc5ccccc5)C[C@@H]43)c(F)c2)C(=O)O1. The third kappa shape index (κ3) is 4.73. The number of halogens is 1. The lowest BCUT2D eigenvalue weighted by Crippen LogP contribution is -2.56. The molecular weight excluding hydrogens is 455 g/mol. The van der Waals surface area contributed by atoms with E-state index < -0.39 is 18.0 Å². The van der Waals surface area contributed by atoms with Gasteiger partial charge in [-0.1, -0.05) is 30.3 Å². The van der Waals surface area contributed by atoms with Crippen LogP contribution in [0.4, 0.5) is 25.4 Å². The minimum Gasteiger partial charge on any atom is -0.445 e. The summed E-state index contributed by atoms with van der Waals surface area (Å²) in [6, 6.07) is 14.2. The Labute approximate surface area is 202 Å². The molecule has 2 aromatic rings. The molecule has 35 heavy (non-hydrogen) atoms. The molecule has 0 spiro atoms. The Balaban J connectivity index is 1.18. The molecule has 3 atom stereocenters. The van der Waals surface area contributed by atoms with Crippen LogP contribution in [0.5, 0.6) is 0 Å². The summed E-state index contributed by atoms with van der Waals surface area (Å²) < 4.78 is 25.8. The molecule has 1 N–H and O–H groups in total. The largest absolute Gasteiger partial charge is 0.445 e. The maximum absolute atomic E-state index is 15.1. The van der Waals surface area contributed by atoms with E-state index >= 15 is 4.39 Å². The summed E-state index contributed by atoms with van der Waals surface area (Å²) in [6.45, 7) is 3.75. The Morgan fingerprint density at radius 1 is 1.11 bits per heavy atom. The zero-order valence-electron chi connectivity index (χ0n) is 19.4. The maximum Gasteiger partial charge on any atom is 0.414 e. The van der Waals surface area contributed by atoms with Crippen LogP contribution in [0.15, 0.2) is 48.5 Å². The average molecular weight is 483 g/mol. The highest BCUT2D eigenvalue weighted by Crippen LogP contribution is 2.39. The number of nitrogens with one attached hydrogen (secondary N) is 1. The second-order valence-corrected chi connectivity index (χ2v) is 9.11. The fourth-order valence-corrected chi connectivity index (χ4v) is 4.87. The molecule has 0 saturated carbocycles. The smallest absolute Gasteiger partial charge is 0.414 e. The first-order valence-electron chi connectivity index (χ1n) is 11.6. The van der Waals surface area contributed by atoms with Crippen LogP contribution in [-0.2, 0) is 20.9 Å². The van der Waals surface area contributed by atoms with Crippen LogP contribution < -0.4 is 15.1 Å². The molecule has 0 bridgehead atoms. The molecule has 3 amide bonds. The van der Waals surface area contributed by atoms with Crippen molar-refractivity contribution in [1.29, 1.82) is 0 Å². The van der Waals surface area contributed by atoms with Gasteiger partial charge in [0.15, 0.2) is 0 Å². The normalized spacial score (nSPS) is 23.0. The number of ether oxygens (including phenoxy) is 2. The van der Waals surface area contributed by atoms with Crippen molar-refractivity contribution >= 4 is 29.5 Å². The molecule has 3 fully saturated rings. The van der Waals surface area contributed by atoms with Gasteiger partial charge < -0.3 is 24.6 Å². The van der Waals surface area contributed by atoms with Crippen LogP contribution in [0.2, 0.25) is 0 Å². The van der Waals surface area contributed by atoms with E-state index in [0.29, 0.717) is 31.0 Å². The number of fused-ring (bicyclic) bond motifs is 1. The van der Waals surface area contributed by atoms with Crippen molar-refractivity contribution in [2.75, 3.05) is 42.5 Å². The first kappa shape index (κ1) is 22.9. The molecule has 3 aliphatic heterocycles. The van der Waals surface area contributed by atoms with Crippen molar-refractivity contribution in [2.45, 2.75) is 25.7 Å². The van der Waals surface area contributed by atoms with Crippen molar-refractivity contribution in [3.63, 3.8) is 0 Å². The molecule has 0 aliphatic carbocycles. The molecule has 0 aromatic heterocycles. The minimum absolute atomic E-state index is 0.0263. The number of amides is 3. The molecule has 2 aromatic carbocycles. The molecule has 10 heteroatoms. The van der Waals surface area contributed by atoms with E-state index in [4.69, 9.17) is 9.47 Å². The quantitative estimate of drug-likeness (QED) is 0.681. The number of carbonyl (C=O) groups is 3. The lowest BCUT2D eigenvalue weighted by molar-refractivity contribution is -0.119. The number of likely N-dealkylation sites (tertiary alicyclic amines) is 1. The van der Waals surface area contributed by atoms with Gasteiger partial charge in [0.05, 0.1) is 30.5 Å². The molecule has 9 nitrogen and oxygen atoms in total. The lowest BCUT2D eigenvalue weighted by Gasteiger charge is -2.45. The topological polar surface area (TPSA) is 91.4 Å². The Morgan fingerprint density at radius 2 is 1.91 bits per heavy atom. The van der Waals surface area contributed by atoms with Gasteiger partial charge in [0, 0.05) is 32.5 Å². The van der Waals surface area contributed by atoms with Crippen molar-refractivity contribution in [3.05, 3.63) is 59.9 Å². The number of nitrogens with zero attached hydrogens (tertiary/aromatic N) is 3. The zero-order valence-corrected chi connectivity index (χ0v) is 19.4. The van der Waals surface area contributed by atoms with Crippen molar-refractivity contribution < 1.29 is 28.2 Å². The first-order valence-corrected chi connectivity index (χ1v) is 11.6. The predicted octanol–water partition coefficient (Wildman–Crippen LogP) is 2.74. The maximum atomic E-state index is 15.1. The van der Waals surface area contributed by atoms with Gasteiger partial charge in [-0.3, -0.25) is 9.69 Å². The van der Waals surface area contributed by atoms with Gasteiger partial charge in [-0.15, -0.1) is 0 Å². The second kappa shape index (κ2) is 9.44. The summed E-state index contributed by atoms with van der Waals surface area (Å²) in [5.41, 5.74) is 1.77. The third-order valence-electron chi connectivity index (χ3n) is 6.71. The summed E-state index contributed by atoms with van der Waals surface area (Å²) in [4.78, 5) is 40.8. The van der Waals surface area contributed by atoms with E-state index in [1.165, 1.54) is 17.9 Å². The van der Waals surface area contributed by atoms with Crippen LogP contribution >= 0.6 is 0 Å². The monoisotopic (exact) mass is 482 g/mol. The summed E-state index contributed by atoms with van der Waals surface area (Å²) in [5, 5.41) is 2.62. The van der Waals surface area contributed by atoms with Crippen LogP contribution in [0.25, 0.3) is 0 Å². The lowest BCUT2D eigenvalue weighted by atomic mass is 9.91. The van der Waals surface area contributed by atoms with E-state index in [2.05, 4.69) is 5.32 Å². The Hall–Kier alpha value is -3.82. The molecule has 0 unspecified atom stereocenters. The number of carbonyl (C=O) groups excluding carboxylic acids is 3. The fourth-order valence-electron chi connectivity index (χ4n) is 4.87. The highest BCUT2D eigenvalue weighted by Gasteiger charge is 2.48. The molecule has 3 saturated heterocycles. The van der Waals surface area contributed by atoms with Crippen molar-refractivity contribution in [1.82, 2.24) is 10.2 Å². The van der Waals surface area contributed by atoms with E-state index in [1.54, 1.807) is 17.0 Å². The van der Waals surface area contributed by atoms with Crippen LogP contribution in [-0.4, -0.2) is 67.9 Å². The van der Waals surface area contributed by atoms with Gasteiger partial charge in [-0.25, -0.2) is 14.0 Å². The van der Waals surface area contributed by atoms with Gasteiger partial charge >= 0.3 is 12.2 Å². The van der Waals surface area contributed by atoms with Gasteiger partial charge in [-0.05, 0) is 23.8 Å². The number of hydrogen-bond donors (Lipinski definition) is 1. The van der Waals surface area contributed by atoms with Crippen LogP contribution in [0, 0.1) is 11.7 Å². The van der Waals surface area contributed by atoms with Gasteiger partial charge in [-0.2, -0.15) is 0 Å². The number of cyclic esters (lactones) is 1. The van der Waals surface area contributed by atoms with E-state index in [0.717, 1.165) is 5.56 Å². The first-order chi connectivity index (χ1) is 16.9. The van der Waals surface area contributed by atoms with E-state index in [1.807, 2.05) is 35.2 Å². The van der Waals surface area contributed by atoms with Crippen LogP contribution in [0.3, 0.4) is 0 Å². The van der Waals surface area contributed by atoms with Crippen molar-refractivity contribution in [3.8, 4) is 0 Å². The third-order valence-corrected chi connectivity index (χ3v) is 6.71. The van der Waals surface area contributed by atoms with Gasteiger partial charge in [0.25, 0.3) is 0 Å². The highest BCUT2D eigenvalue weighted by molar-refractivity contribution is 5.90. The summed E-state index contributed by atoms with van der Waals surface area (Å²) in [6.07, 6.45) is -1.42. The number of hydrogen-bond acceptors (Lipinski definition) is 6. The fraction of sp³-hybridized carbons (Fsp3) is 0.400. The Kier molecular flexibility index (Phi) is 6.19. The molecule has 3 heterocycles. The molecule has 184 valence electrons. The van der Waals surface area contributed by atoms with Crippen LogP contribution in [0.1, 0.15) is 12.5 Å². The molecule has 3 aliphatic rings. The molecule has 5 rings (SSSR count). The Morgan fingerprint density at radius 3 is 2.66 bits per heavy atom. The average Bonchev–Trinajstić information content (AvgIpc) is 3.38. The van der Waals surface area contributed by atoms with Gasteiger partial charge in [0.1, 0.15) is 18.5 Å². The number of rotatable bonds is 6. The van der Waals surface area contributed by atoms with E-state index in [9.17, 15) is 14.4 Å². The van der Waals surface area contributed by atoms with E-state index in [-0.39, 0.29) is 43.7 Å². The zero-order chi connectivity index (χ0) is 24.5. The second-order valence-electron chi connectivity index (χ2n) is 9.11. The van der Waals surface area contributed by atoms with Gasteiger partial charge in [0.2, 0.25) is 5.91 Å².